The van der Waals surface area contributed by atoms with E-state index in [4.69, 9.17) is 9.47 Å². The van der Waals surface area contributed by atoms with Gasteiger partial charge < -0.3 is 14.4 Å². The van der Waals surface area contributed by atoms with Crippen LogP contribution in [0.25, 0.3) is 0 Å². The van der Waals surface area contributed by atoms with E-state index in [2.05, 4.69) is 0 Å². The van der Waals surface area contributed by atoms with E-state index >= 15 is 0 Å². The minimum absolute atomic E-state index is 0.0326. The van der Waals surface area contributed by atoms with Gasteiger partial charge in [0, 0.05) is 37.6 Å². The number of carbonyl (C=O) groups excluding carboxylic acids is 1. The molecule has 25 heavy (non-hydrogen) atoms. The van der Waals surface area contributed by atoms with Crippen LogP contribution in [0.4, 0.5) is 4.39 Å². The van der Waals surface area contributed by atoms with E-state index in [1.54, 1.807) is 18.1 Å². The third-order valence-corrected chi connectivity index (χ3v) is 4.87. The van der Waals surface area contributed by atoms with Crippen LogP contribution >= 0.6 is 11.3 Å². The Hall–Kier alpha value is -1.92. The molecule has 4 nitrogen and oxygen atoms in total. The summed E-state index contributed by atoms with van der Waals surface area (Å²) in [6, 6.07) is 6.36. The Morgan fingerprint density at radius 3 is 2.64 bits per heavy atom. The standard InChI is InChI=1S/C19H24FNO3S/c1-4-21(5-2)19(22)16-8-11-25-18(16)12-14-6-7-15(20)13-17(14)24-10-9-23-3/h6-8,11,13H,4-5,9-10,12H2,1-3H3. The summed E-state index contributed by atoms with van der Waals surface area (Å²) in [4.78, 5) is 15.4. The number of amides is 1. The van der Waals surface area contributed by atoms with Gasteiger partial charge in [-0.2, -0.15) is 0 Å². The first-order valence-corrected chi connectivity index (χ1v) is 9.24. The number of thiophene rings is 1. The zero-order chi connectivity index (χ0) is 18.2. The summed E-state index contributed by atoms with van der Waals surface area (Å²) in [7, 11) is 1.59. The van der Waals surface area contributed by atoms with Gasteiger partial charge in [-0.1, -0.05) is 6.07 Å². The Kier molecular flexibility index (Phi) is 7.40. The number of hydrogen-bond acceptors (Lipinski definition) is 4. The second kappa shape index (κ2) is 9.53. The van der Waals surface area contributed by atoms with Crippen LogP contribution in [0.15, 0.2) is 29.6 Å². The molecular weight excluding hydrogens is 341 g/mol. The summed E-state index contributed by atoms with van der Waals surface area (Å²) in [5, 5.41) is 1.92. The lowest BCUT2D eigenvalue weighted by Gasteiger charge is -2.19. The monoisotopic (exact) mass is 365 g/mol. The molecule has 0 fully saturated rings. The summed E-state index contributed by atoms with van der Waals surface area (Å²) >= 11 is 1.53. The smallest absolute Gasteiger partial charge is 0.254 e. The summed E-state index contributed by atoms with van der Waals surface area (Å²) in [6.07, 6.45) is 0.530. The van der Waals surface area contributed by atoms with Crippen molar-refractivity contribution in [1.82, 2.24) is 4.90 Å². The molecule has 0 atom stereocenters. The lowest BCUT2D eigenvalue weighted by atomic mass is 10.1. The normalized spacial score (nSPS) is 10.7. The van der Waals surface area contributed by atoms with Crippen molar-refractivity contribution >= 4 is 17.2 Å². The Morgan fingerprint density at radius 2 is 1.96 bits per heavy atom. The van der Waals surface area contributed by atoms with E-state index < -0.39 is 0 Å². The van der Waals surface area contributed by atoms with Crippen LogP contribution in [0.2, 0.25) is 0 Å². The van der Waals surface area contributed by atoms with Crippen molar-refractivity contribution in [2.45, 2.75) is 20.3 Å². The summed E-state index contributed by atoms with van der Waals surface area (Å²) in [6.45, 7) is 6.06. The molecule has 0 saturated carbocycles. The first-order valence-electron chi connectivity index (χ1n) is 8.36. The molecule has 1 aromatic heterocycles. The van der Waals surface area contributed by atoms with Gasteiger partial charge in [0.25, 0.3) is 5.91 Å². The maximum atomic E-state index is 13.6. The quantitative estimate of drug-likeness (QED) is 0.631. The maximum Gasteiger partial charge on any atom is 0.254 e. The number of benzene rings is 1. The lowest BCUT2D eigenvalue weighted by Crippen LogP contribution is -2.30. The molecule has 0 aliphatic rings. The van der Waals surface area contributed by atoms with Crippen LogP contribution in [-0.4, -0.2) is 44.2 Å². The predicted molar refractivity (Wildman–Crippen MR) is 98.1 cm³/mol. The second-order valence-electron chi connectivity index (χ2n) is 5.50. The molecule has 0 N–H and O–H groups in total. The Bertz CT molecular complexity index is 698. The van der Waals surface area contributed by atoms with Gasteiger partial charge in [0.15, 0.2) is 0 Å². The predicted octanol–water partition coefficient (Wildman–Crippen LogP) is 3.99. The third kappa shape index (κ3) is 5.03. The minimum Gasteiger partial charge on any atom is -0.491 e. The molecule has 1 heterocycles. The van der Waals surface area contributed by atoms with E-state index in [1.807, 2.05) is 25.3 Å². The molecule has 0 bridgehead atoms. The molecular formula is C19H24FNO3S. The summed E-state index contributed by atoms with van der Waals surface area (Å²) < 4.78 is 24.2. The second-order valence-corrected chi connectivity index (χ2v) is 6.51. The fraction of sp³-hybridized carbons (Fsp3) is 0.421. The van der Waals surface area contributed by atoms with Crippen molar-refractivity contribution < 1.29 is 18.7 Å². The van der Waals surface area contributed by atoms with Crippen LogP contribution in [0.5, 0.6) is 5.75 Å². The number of carbonyl (C=O) groups is 1. The van der Waals surface area contributed by atoms with Crippen molar-refractivity contribution in [2.24, 2.45) is 0 Å². The van der Waals surface area contributed by atoms with E-state index in [1.165, 1.54) is 23.5 Å². The van der Waals surface area contributed by atoms with Gasteiger partial charge >= 0.3 is 0 Å². The first-order chi connectivity index (χ1) is 12.1. The lowest BCUT2D eigenvalue weighted by molar-refractivity contribution is 0.0772. The Morgan fingerprint density at radius 1 is 1.20 bits per heavy atom. The Labute approximate surface area is 152 Å². The van der Waals surface area contributed by atoms with E-state index in [0.29, 0.717) is 44.0 Å². The van der Waals surface area contributed by atoms with Crippen molar-refractivity contribution in [2.75, 3.05) is 33.4 Å². The van der Waals surface area contributed by atoms with E-state index in [9.17, 15) is 9.18 Å². The minimum atomic E-state index is -0.346. The largest absolute Gasteiger partial charge is 0.491 e. The van der Waals surface area contributed by atoms with Crippen molar-refractivity contribution in [1.29, 1.82) is 0 Å². The molecule has 0 saturated heterocycles. The molecule has 2 rings (SSSR count). The van der Waals surface area contributed by atoms with Crippen LogP contribution in [0, 0.1) is 5.82 Å². The highest BCUT2D eigenvalue weighted by Gasteiger charge is 2.19. The molecule has 1 amide bonds. The fourth-order valence-electron chi connectivity index (χ4n) is 2.57. The molecule has 2 aromatic rings. The highest BCUT2D eigenvalue weighted by molar-refractivity contribution is 7.10. The molecule has 6 heteroatoms. The summed E-state index contributed by atoms with van der Waals surface area (Å²) in [5.41, 5.74) is 1.56. The van der Waals surface area contributed by atoms with Gasteiger partial charge in [-0.15, -0.1) is 11.3 Å². The molecule has 136 valence electrons. The topological polar surface area (TPSA) is 38.8 Å². The highest BCUT2D eigenvalue weighted by atomic mass is 32.1. The van der Waals surface area contributed by atoms with E-state index in [0.717, 1.165) is 10.4 Å². The van der Waals surface area contributed by atoms with Crippen LogP contribution in [0.1, 0.15) is 34.6 Å². The average molecular weight is 365 g/mol. The fourth-order valence-corrected chi connectivity index (χ4v) is 3.46. The molecule has 1 aromatic carbocycles. The van der Waals surface area contributed by atoms with Gasteiger partial charge in [0.05, 0.1) is 12.2 Å². The molecule has 0 radical (unpaired) electrons. The van der Waals surface area contributed by atoms with Crippen molar-refractivity contribution in [3.8, 4) is 5.75 Å². The number of nitrogens with zero attached hydrogens (tertiary/aromatic N) is 1. The van der Waals surface area contributed by atoms with Crippen LogP contribution < -0.4 is 4.74 Å². The maximum absolute atomic E-state index is 13.6. The Balaban J connectivity index is 2.23. The van der Waals surface area contributed by atoms with Gasteiger partial charge in [0.2, 0.25) is 0 Å². The average Bonchev–Trinajstić information content (AvgIpc) is 3.06. The molecule has 0 aliphatic carbocycles. The van der Waals surface area contributed by atoms with Gasteiger partial charge in [0.1, 0.15) is 18.2 Å². The third-order valence-electron chi connectivity index (χ3n) is 3.95. The number of methoxy groups -OCH3 is 1. The number of hydrogen-bond donors (Lipinski definition) is 0. The number of halogens is 1. The first kappa shape index (κ1) is 19.4. The van der Waals surface area contributed by atoms with Gasteiger partial charge in [-0.3, -0.25) is 4.79 Å². The number of rotatable bonds is 9. The van der Waals surface area contributed by atoms with Crippen LogP contribution in [-0.2, 0) is 11.2 Å². The molecule has 0 aliphatic heterocycles. The SMILES string of the molecule is CCN(CC)C(=O)c1ccsc1Cc1ccc(F)cc1OCCOC. The highest BCUT2D eigenvalue weighted by Crippen LogP contribution is 2.28. The summed E-state index contributed by atoms with van der Waals surface area (Å²) in [5.74, 6) is 0.179. The van der Waals surface area contributed by atoms with E-state index in [-0.39, 0.29) is 11.7 Å². The zero-order valence-electron chi connectivity index (χ0n) is 14.9. The zero-order valence-corrected chi connectivity index (χ0v) is 15.7. The molecule has 0 spiro atoms. The van der Waals surface area contributed by atoms with Gasteiger partial charge in [-0.25, -0.2) is 4.39 Å². The number of ether oxygens (including phenoxy) is 2. The van der Waals surface area contributed by atoms with Gasteiger partial charge in [-0.05, 0) is 36.9 Å². The van der Waals surface area contributed by atoms with Crippen molar-refractivity contribution in [3.05, 3.63) is 51.5 Å². The van der Waals surface area contributed by atoms with Crippen LogP contribution in [0.3, 0.4) is 0 Å². The van der Waals surface area contributed by atoms with Crippen molar-refractivity contribution in [3.63, 3.8) is 0 Å². The molecule has 0 unspecified atom stereocenters.